The number of carbonyl (C=O) groups excluding carboxylic acids is 3. The van der Waals surface area contributed by atoms with Crippen molar-refractivity contribution < 1.29 is 19.1 Å². The summed E-state index contributed by atoms with van der Waals surface area (Å²) in [5.41, 5.74) is 1.01. The van der Waals surface area contributed by atoms with Gasteiger partial charge >= 0.3 is 6.03 Å². The lowest BCUT2D eigenvalue weighted by Gasteiger charge is -2.41. The maximum absolute atomic E-state index is 12.8. The summed E-state index contributed by atoms with van der Waals surface area (Å²) in [5, 5.41) is 3.01. The number of piperidine rings is 1. The number of nitrogens with one attached hydrogen (secondary N) is 1. The standard InChI is InChI=1S/C20H25N3O4/c1-27-17-6-2-13(3-7-17)12-21-20(26)22-14-4-5-15(22)11-16(10-14)23-18(24)8-9-19(23)25/h2-3,6-7,14-16H,4-5,8-12H2,1H3,(H,21,26)/t14-,15-/m0/s1. The molecule has 3 aliphatic rings. The maximum atomic E-state index is 12.8. The molecular weight excluding hydrogens is 346 g/mol. The van der Waals surface area contributed by atoms with Crippen molar-refractivity contribution in [2.45, 2.75) is 63.2 Å². The minimum absolute atomic E-state index is 0.0457. The summed E-state index contributed by atoms with van der Waals surface area (Å²) in [5.74, 6) is 0.680. The SMILES string of the molecule is COc1ccc(CNC(=O)N2[C@H]3CC[C@H]2CC(N2C(=O)CCC2=O)C3)cc1. The number of hydrogen-bond donors (Lipinski definition) is 1. The summed E-state index contributed by atoms with van der Waals surface area (Å²) in [6, 6.07) is 7.72. The Hall–Kier alpha value is -2.57. The molecular formula is C20H25N3O4. The molecule has 1 aromatic carbocycles. The monoisotopic (exact) mass is 371 g/mol. The maximum Gasteiger partial charge on any atom is 0.318 e. The predicted molar refractivity (Wildman–Crippen MR) is 98.0 cm³/mol. The third-order valence-electron chi connectivity index (χ3n) is 6.00. The van der Waals surface area contributed by atoms with Gasteiger partial charge in [-0.2, -0.15) is 0 Å². The summed E-state index contributed by atoms with van der Waals surface area (Å²) >= 11 is 0. The van der Waals surface area contributed by atoms with Crippen molar-refractivity contribution in [2.24, 2.45) is 0 Å². The van der Waals surface area contributed by atoms with Gasteiger partial charge in [-0.1, -0.05) is 12.1 Å². The van der Waals surface area contributed by atoms with E-state index < -0.39 is 0 Å². The quantitative estimate of drug-likeness (QED) is 0.822. The number of likely N-dealkylation sites (tertiary alicyclic amines) is 1. The van der Waals surface area contributed by atoms with Crippen LogP contribution in [0.25, 0.3) is 0 Å². The van der Waals surface area contributed by atoms with E-state index in [0.717, 1.165) is 24.2 Å². The average molecular weight is 371 g/mol. The second-order valence-electron chi connectivity index (χ2n) is 7.58. The van der Waals surface area contributed by atoms with Crippen molar-refractivity contribution in [2.75, 3.05) is 7.11 Å². The second kappa shape index (κ2) is 7.21. The van der Waals surface area contributed by atoms with Crippen LogP contribution in [0.15, 0.2) is 24.3 Å². The molecule has 7 heteroatoms. The molecule has 27 heavy (non-hydrogen) atoms. The molecule has 0 unspecified atom stereocenters. The zero-order valence-corrected chi connectivity index (χ0v) is 15.5. The van der Waals surface area contributed by atoms with Gasteiger partial charge in [0.2, 0.25) is 11.8 Å². The summed E-state index contributed by atoms with van der Waals surface area (Å²) in [6.45, 7) is 0.464. The zero-order chi connectivity index (χ0) is 19.0. The Morgan fingerprint density at radius 3 is 2.19 bits per heavy atom. The number of benzene rings is 1. The van der Waals surface area contributed by atoms with Crippen LogP contribution in [0.5, 0.6) is 5.75 Å². The predicted octanol–water partition coefficient (Wildman–Crippen LogP) is 2.05. The van der Waals surface area contributed by atoms with Crippen LogP contribution in [-0.4, -0.2) is 52.9 Å². The molecule has 0 aliphatic carbocycles. The third-order valence-corrected chi connectivity index (χ3v) is 6.00. The van der Waals surface area contributed by atoms with E-state index in [9.17, 15) is 14.4 Å². The number of urea groups is 1. The zero-order valence-electron chi connectivity index (χ0n) is 15.5. The Balaban J connectivity index is 1.36. The van der Waals surface area contributed by atoms with E-state index in [0.29, 0.717) is 32.2 Å². The van der Waals surface area contributed by atoms with E-state index in [1.165, 1.54) is 4.90 Å². The fourth-order valence-electron chi connectivity index (χ4n) is 4.70. The first-order valence-corrected chi connectivity index (χ1v) is 9.61. The van der Waals surface area contributed by atoms with Crippen LogP contribution in [-0.2, 0) is 16.1 Å². The van der Waals surface area contributed by atoms with Crippen molar-refractivity contribution in [3.8, 4) is 5.75 Å². The first kappa shape index (κ1) is 17.8. The Labute approximate surface area is 158 Å². The molecule has 1 N–H and O–H groups in total. The number of hydrogen-bond acceptors (Lipinski definition) is 4. The second-order valence-corrected chi connectivity index (χ2v) is 7.58. The van der Waals surface area contributed by atoms with E-state index >= 15 is 0 Å². The van der Waals surface area contributed by atoms with Crippen molar-refractivity contribution in [1.82, 2.24) is 15.1 Å². The van der Waals surface area contributed by atoms with Gasteiger partial charge in [-0.3, -0.25) is 14.5 Å². The molecule has 1 aromatic rings. The fraction of sp³-hybridized carbons (Fsp3) is 0.550. The highest BCUT2D eigenvalue weighted by molar-refractivity contribution is 6.02. The average Bonchev–Trinajstić information content (AvgIpc) is 3.15. The third kappa shape index (κ3) is 3.38. The molecule has 4 rings (SSSR count). The Morgan fingerprint density at radius 2 is 1.63 bits per heavy atom. The number of nitrogens with zero attached hydrogens (tertiary/aromatic N) is 2. The molecule has 3 aliphatic heterocycles. The smallest absolute Gasteiger partial charge is 0.318 e. The molecule has 2 atom stereocenters. The number of fused-ring (bicyclic) bond motifs is 2. The van der Waals surface area contributed by atoms with E-state index in [1.807, 2.05) is 29.2 Å². The number of ether oxygens (including phenoxy) is 1. The minimum Gasteiger partial charge on any atom is -0.497 e. The first-order chi connectivity index (χ1) is 13.1. The van der Waals surface area contributed by atoms with Crippen LogP contribution in [0.1, 0.15) is 44.1 Å². The molecule has 3 heterocycles. The van der Waals surface area contributed by atoms with Gasteiger partial charge < -0.3 is 15.0 Å². The topological polar surface area (TPSA) is 79.0 Å². The highest BCUT2D eigenvalue weighted by atomic mass is 16.5. The number of imide groups is 1. The highest BCUT2D eigenvalue weighted by Crippen LogP contribution is 2.38. The molecule has 7 nitrogen and oxygen atoms in total. The molecule has 144 valence electrons. The van der Waals surface area contributed by atoms with Gasteiger partial charge in [0.1, 0.15) is 5.75 Å². The summed E-state index contributed by atoms with van der Waals surface area (Å²) in [7, 11) is 1.62. The fourth-order valence-corrected chi connectivity index (χ4v) is 4.70. The van der Waals surface area contributed by atoms with Crippen molar-refractivity contribution in [1.29, 1.82) is 0 Å². The van der Waals surface area contributed by atoms with E-state index in [1.54, 1.807) is 7.11 Å². The molecule has 2 bridgehead atoms. The van der Waals surface area contributed by atoms with Gasteiger partial charge in [0.15, 0.2) is 0 Å². The van der Waals surface area contributed by atoms with Crippen molar-refractivity contribution in [3.05, 3.63) is 29.8 Å². The molecule has 3 saturated heterocycles. The van der Waals surface area contributed by atoms with Gasteiger partial charge in [0, 0.05) is 37.5 Å². The number of carbonyl (C=O) groups is 3. The van der Waals surface area contributed by atoms with Crippen molar-refractivity contribution in [3.63, 3.8) is 0 Å². The Bertz CT molecular complexity index is 718. The van der Waals surface area contributed by atoms with Gasteiger partial charge in [0.05, 0.1) is 7.11 Å². The molecule has 0 radical (unpaired) electrons. The van der Waals surface area contributed by atoms with E-state index in [4.69, 9.17) is 4.74 Å². The number of rotatable bonds is 4. The molecule has 0 spiro atoms. The lowest BCUT2D eigenvalue weighted by atomic mass is 9.96. The molecule has 0 aromatic heterocycles. The van der Waals surface area contributed by atoms with Gasteiger partial charge in [-0.05, 0) is 43.4 Å². The first-order valence-electron chi connectivity index (χ1n) is 9.61. The molecule has 3 fully saturated rings. The molecule has 0 saturated carbocycles. The van der Waals surface area contributed by atoms with Crippen LogP contribution in [0, 0.1) is 0 Å². The summed E-state index contributed by atoms with van der Waals surface area (Å²) in [4.78, 5) is 40.2. The lowest BCUT2D eigenvalue weighted by Crippen LogP contribution is -2.55. The van der Waals surface area contributed by atoms with Gasteiger partial charge in [-0.15, -0.1) is 0 Å². The minimum atomic E-state index is -0.0594. The van der Waals surface area contributed by atoms with Gasteiger partial charge in [-0.25, -0.2) is 4.79 Å². The van der Waals surface area contributed by atoms with Crippen LogP contribution < -0.4 is 10.1 Å². The highest BCUT2D eigenvalue weighted by Gasteiger charge is 2.47. The summed E-state index contributed by atoms with van der Waals surface area (Å²) < 4.78 is 5.15. The normalized spacial score (nSPS) is 27.2. The van der Waals surface area contributed by atoms with Crippen LogP contribution in [0.3, 0.4) is 0 Å². The number of amides is 4. The lowest BCUT2D eigenvalue weighted by molar-refractivity contribution is -0.142. The van der Waals surface area contributed by atoms with Crippen LogP contribution in [0.2, 0.25) is 0 Å². The Kier molecular flexibility index (Phi) is 4.76. The largest absolute Gasteiger partial charge is 0.497 e. The van der Waals surface area contributed by atoms with Crippen molar-refractivity contribution >= 4 is 17.8 Å². The van der Waals surface area contributed by atoms with E-state index in [2.05, 4.69) is 5.32 Å². The van der Waals surface area contributed by atoms with Crippen LogP contribution in [0.4, 0.5) is 4.79 Å². The Morgan fingerprint density at radius 1 is 1.04 bits per heavy atom. The van der Waals surface area contributed by atoms with Gasteiger partial charge in [0.25, 0.3) is 0 Å². The molecule has 4 amide bonds. The van der Waals surface area contributed by atoms with Crippen LogP contribution >= 0.6 is 0 Å². The number of methoxy groups -OCH3 is 1. The summed E-state index contributed by atoms with van der Waals surface area (Å²) in [6.07, 6.45) is 3.93. The van der Waals surface area contributed by atoms with E-state index in [-0.39, 0.29) is 36.0 Å².